The first-order chi connectivity index (χ1) is 14.7. The highest BCUT2D eigenvalue weighted by molar-refractivity contribution is 5.99. The molecular weight excluding hydrogens is 372 g/mol. The van der Waals surface area contributed by atoms with Crippen LogP contribution >= 0.6 is 0 Å². The predicted octanol–water partition coefficient (Wildman–Crippen LogP) is 3.94. The number of benzene rings is 2. The Kier molecular flexibility index (Phi) is 6.29. The Labute approximate surface area is 178 Å². The second-order valence-corrected chi connectivity index (χ2v) is 7.85. The molecule has 5 nitrogen and oxygen atoms in total. The maximum atomic E-state index is 13.4. The second kappa shape index (κ2) is 9.26. The van der Waals surface area contributed by atoms with E-state index in [2.05, 4.69) is 55.1 Å². The van der Waals surface area contributed by atoms with Gasteiger partial charge in [-0.2, -0.15) is 5.10 Å². The molecule has 30 heavy (non-hydrogen) atoms. The van der Waals surface area contributed by atoms with Crippen LogP contribution in [0.2, 0.25) is 0 Å². The lowest BCUT2D eigenvalue weighted by molar-refractivity contribution is 0.0644. The molecule has 1 fully saturated rings. The van der Waals surface area contributed by atoms with Crippen molar-refractivity contribution >= 4 is 5.91 Å². The van der Waals surface area contributed by atoms with E-state index in [9.17, 15) is 4.79 Å². The zero-order valence-electron chi connectivity index (χ0n) is 17.9. The SMILES string of the molecule is CCc1ccc(-c2nn(Cc3ccccc3)cc2C(=O)N2CCN(CC)CC2)cc1. The molecule has 5 heteroatoms. The summed E-state index contributed by atoms with van der Waals surface area (Å²) >= 11 is 0. The summed E-state index contributed by atoms with van der Waals surface area (Å²) in [6.07, 6.45) is 2.92. The van der Waals surface area contributed by atoms with E-state index < -0.39 is 0 Å². The number of likely N-dealkylation sites (N-methyl/N-ethyl adjacent to an activating group) is 1. The molecule has 0 atom stereocenters. The van der Waals surface area contributed by atoms with Crippen LogP contribution in [0.4, 0.5) is 0 Å². The van der Waals surface area contributed by atoms with Gasteiger partial charge in [0.05, 0.1) is 12.1 Å². The Morgan fingerprint density at radius 2 is 1.60 bits per heavy atom. The van der Waals surface area contributed by atoms with Gasteiger partial charge in [-0.15, -0.1) is 0 Å². The van der Waals surface area contributed by atoms with Crippen LogP contribution in [0.3, 0.4) is 0 Å². The molecule has 0 saturated carbocycles. The van der Waals surface area contributed by atoms with Gasteiger partial charge in [0.25, 0.3) is 5.91 Å². The van der Waals surface area contributed by atoms with Gasteiger partial charge in [-0.3, -0.25) is 9.48 Å². The zero-order chi connectivity index (χ0) is 20.9. The van der Waals surface area contributed by atoms with Crippen molar-refractivity contribution in [3.8, 4) is 11.3 Å². The number of hydrogen-bond donors (Lipinski definition) is 0. The Bertz CT molecular complexity index is 970. The van der Waals surface area contributed by atoms with Crippen LogP contribution in [0, 0.1) is 0 Å². The van der Waals surface area contributed by atoms with Crippen LogP contribution in [-0.2, 0) is 13.0 Å². The van der Waals surface area contributed by atoms with Crippen LogP contribution in [-0.4, -0.2) is 58.2 Å². The molecule has 2 heterocycles. The fourth-order valence-corrected chi connectivity index (χ4v) is 3.98. The van der Waals surface area contributed by atoms with Gasteiger partial charge in [0.15, 0.2) is 0 Å². The zero-order valence-corrected chi connectivity index (χ0v) is 17.9. The lowest BCUT2D eigenvalue weighted by Gasteiger charge is -2.34. The average Bonchev–Trinajstić information content (AvgIpc) is 3.23. The minimum Gasteiger partial charge on any atom is -0.336 e. The van der Waals surface area contributed by atoms with Crippen molar-refractivity contribution in [2.45, 2.75) is 26.8 Å². The Hall–Kier alpha value is -2.92. The molecule has 156 valence electrons. The quantitative estimate of drug-likeness (QED) is 0.627. The van der Waals surface area contributed by atoms with Crippen molar-refractivity contribution in [2.24, 2.45) is 0 Å². The number of amides is 1. The summed E-state index contributed by atoms with van der Waals surface area (Å²) in [4.78, 5) is 17.8. The molecule has 1 aliphatic rings. The monoisotopic (exact) mass is 402 g/mol. The van der Waals surface area contributed by atoms with E-state index in [4.69, 9.17) is 5.10 Å². The molecule has 0 unspecified atom stereocenters. The van der Waals surface area contributed by atoms with Gasteiger partial charge in [-0.05, 0) is 24.1 Å². The highest BCUT2D eigenvalue weighted by atomic mass is 16.2. The lowest BCUT2D eigenvalue weighted by Crippen LogP contribution is -2.48. The highest BCUT2D eigenvalue weighted by Gasteiger charge is 2.26. The summed E-state index contributed by atoms with van der Waals surface area (Å²) in [6.45, 7) is 9.40. The second-order valence-electron chi connectivity index (χ2n) is 7.85. The minimum atomic E-state index is 0.0830. The van der Waals surface area contributed by atoms with Crippen LogP contribution in [0.5, 0.6) is 0 Å². The molecule has 0 aliphatic carbocycles. The Morgan fingerprint density at radius 3 is 2.23 bits per heavy atom. The molecular formula is C25H30N4O. The fraction of sp³-hybridized carbons (Fsp3) is 0.360. The topological polar surface area (TPSA) is 41.4 Å². The number of nitrogens with zero attached hydrogens (tertiary/aromatic N) is 4. The normalized spacial score (nSPS) is 14.8. The van der Waals surface area contributed by atoms with Crippen LogP contribution in [0.15, 0.2) is 60.8 Å². The third kappa shape index (κ3) is 4.46. The molecule has 1 aromatic heterocycles. The number of rotatable bonds is 6. The molecule has 0 bridgehead atoms. The largest absolute Gasteiger partial charge is 0.336 e. The van der Waals surface area contributed by atoms with E-state index in [1.54, 1.807) is 0 Å². The number of aryl methyl sites for hydroxylation is 1. The summed E-state index contributed by atoms with van der Waals surface area (Å²) < 4.78 is 1.90. The summed E-state index contributed by atoms with van der Waals surface area (Å²) in [5.74, 6) is 0.0830. The standard InChI is InChI=1S/C25H30N4O/c1-3-20-10-12-22(13-11-20)24-23(25(30)28-16-14-27(4-2)15-17-28)19-29(26-24)18-21-8-6-5-7-9-21/h5-13,19H,3-4,14-18H2,1-2H3. The molecule has 1 amide bonds. The third-order valence-electron chi connectivity index (χ3n) is 5.92. The molecule has 0 N–H and O–H groups in total. The van der Waals surface area contributed by atoms with Crippen LogP contribution in [0.25, 0.3) is 11.3 Å². The van der Waals surface area contributed by atoms with E-state index in [1.807, 2.05) is 34.0 Å². The molecule has 0 radical (unpaired) electrons. The fourth-order valence-electron chi connectivity index (χ4n) is 3.98. The van der Waals surface area contributed by atoms with Gasteiger partial charge < -0.3 is 9.80 Å². The van der Waals surface area contributed by atoms with Crippen molar-refractivity contribution in [2.75, 3.05) is 32.7 Å². The summed E-state index contributed by atoms with van der Waals surface area (Å²) in [5, 5.41) is 4.84. The van der Waals surface area contributed by atoms with Crippen molar-refractivity contribution in [1.29, 1.82) is 0 Å². The van der Waals surface area contributed by atoms with Gasteiger partial charge in [-0.25, -0.2) is 0 Å². The molecule has 1 aliphatic heterocycles. The smallest absolute Gasteiger partial charge is 0.257 e. The molecule has 2 aromatic carbocycles. The number of hydrogen-bond acceptors (Lipinski definition) is 3. The predicted molar refractivity (Wildman–Crippen MR) is 121 cm³/mol. The van der Waals surface area contributed by atoms with Crippen molar-refractivity contribution in [3.05, 3.63) is 77.5 Å². The van der Waals surface area contributed by atoms with E-state index in [1.165, 1.54) is 11.1 Å². The van der Waals surface area contributed by atoms with Gasteiger partial charge in [-0.1, -0.05) is 68.4 Å². The van der Waals surface area contributed by atoms with E-state index in [0.29, 0.717) is 12.1 Å². The summed E-state index contributed by atoms with van der Waals surface area (Å²) in [7, 11) is 0. The van der Waals surface area contributed by atoms with Crippen LogP contribution in [0.1, 0.15) is 35.3 Å². The van der Waals surface area contributed by atoms with E-state index in [-0.39, 0.29) is 5.91 Å². The lowest BCUT2D eigenvalue weighted by atomic mass is 10.0. The van der Waals surface area contributed by atoms with Crippen LogP contribution < -0.4 is 0 Å². The first-order valence-electron chi connectivity index (χ1n) is 10.9. The average molecular weight is 403 g/mol. The molecule has 3 aromatic rings. The Balaban J connectivity index is 1.65. The van der Waals surface area contributed by atoms with Crippen molar-refractivity contribution < 1.29 is 4.79 Å². The van der Waals surface area contributed by atoms with Gasteiger partial charge in [0.1, 0.15) is 5.69 Å². The number of aromatic nitrogens is 2. The Morgan fingerprint density at radius 1 is 0.900 bits per heavy atom. The maximum Gasteiger partial charge on any atom is 0.257 e. The van der Waals surface area contributed by atoms with E-state index in [0.717, 1.165) is 50.4 Å². The summed E-state index contributed by atoms with van der Waals surface area (Å²) in [6, 6.07) is 18.7. The molecule has 1 saturated heterocycles. The van der Waals surface area contributed by atoms with Gasteiger partial charge >= 0.3 is 0 Å². The first-order valence-corrected chi connectivity index (χ1v) is 10.9. The number of carbonyl (C=O) groups is 1. The minimum absolute atomic E-state index is 0.0830. The third-order valence-corrected chi connectivity index (χ3v) is 5.92. The van der Waals surface area contributed by atoms with E-state index >= 15 is 0 Å². The number of carbonyl (C=O) groups excluding carboxylic acids is 1. The molecule has 4 rings (SSSR count). The maximum absolute atomic E-state index is 13.4. The van der Waals surface area contributed by atoms with Gasteiger partial charge in [0, 0.05) is 37.9 Å². The van der Waals surface area contributed by atoms with Crippen molar-refractivity contribution in [3.63, 3.8) is 0 Å². The first kappa shape index (κ1) is 20.4. The molecule has 0 spiro atoms. The van der Waals surface area contributed by atoms with Crippen molar-refractivity contribution in [1.82, 2.24) is 19.6 Å². The summed E-state index contributed by atoms with van der Waals surface area (Å²) in [5.41, 5.74) is 4.92. The van der Waals surface area contributed by atoms with Gasteiger partial charge in [0.2, 0.25) is 0 Å². The highest BCUT2D eigenvalue weighted by Crippen LogP contribution is 2.25. The number of piperazine rings is 1.